The average Bonchev–Trinajstić information content (AvgIpc) is 2.61. The molecule has 0 aliphatic carbocycles. The van der Waals surface area contributed by atoms with Crippen LogP contribution in [0.1, 0.15) is 24.8 Å². The van der Waals surface area contributed by atoms with E-state index >= 15 is 0 Å². The molecule has 3 rings (SSSR count). The number of likely N-dealkylation sites (tertiary alicyclic amines) is 1. The second-order valence-corrected chi connectivity index (χ2v) is 6.72. The molecule has 5 nitrogen and oxygen atoms in total. The fraction of sp³-hybridized carbons (Fsp3) is 0.667. The van der Waals surface area contributed by atoms with Crippen molar-refractivity contribution in [3.05, 3.63) is 35.9 Å². The smallest absolute Gasteiger partial charge is 0.0975 e. The minimum atomic E-state index is -0.563. The maximum atomic E-state index is 10.2. The molecule has 23 heavy (non-hydrogen) atoms. The van der Waals surface area contributed by atoms with Gasteiger partial charge in [-0.1, -0.05) is 30.3 Å². The molecule has 0 aromatic heterocycles. The third kappa shape index (κ3) is 3.59. The fourth-order valence-electron chi connectivity index (χ4n) is 3.77. The Hall–Kier alpha value is -0.980. The Morgan fingerprint density at radius 3 is 2.65 bits per heavy atom. The molecule has 2 saturated heterocycles. The van der Waals surface area contributed by atoms with Crippen molar-refractivity contribution in [2.75, 3.05) is 33.4 Å². The van der Waals surface area contributed by atoms with Crippen molar-refractivity contribution < 1.29 is 14.6 Å². The first-order valence-corrected chi connectivity index (χ1v) is 8.53. The van der Waals surface area contributed by atoms with E-state index in [4.69, 9.17) is 15.2 Å². The van der Waals surface area contributed by atoms with Gasteiger partial charge in [0.1, 0.15) is 0 Å². The van der Waals surface area contributed by atoms with Crippen LogP contribution >= 0.6 is 0 Å². The number of nitrogens with zero attached hydrogens (tertiary/aromatic N) is 1. The molecule has 0 spiro atoms. The molecule has 0 unspecified atom stereocenters. The number of methoxy groups -OCH3 is 1. The third-order valence-corrected chi connectivity index (χ3v) is 5.40. The molecule has 2 aliphatic heterocycles. The Kier molecular flexibility index (Phi) is 5.34. The molecule has 3 atom stereocenters. The minimum absolute atomic E-state index is 0.166. The Morgan fingerprint density at radius 1 is 1.30 bits per heavy atom. The molecule has 5 heteroatoms. The summed E-state index contributed by atoms with van der Waals surface area (Å²) in [5.74, 6) is 0. The zero-order chi connectivity index (χ0) is 16.3. The van der Waals surface area contributed by atoms with Gasteiger partial charge in [0.2, 0.25) is 0 Å². The Labute approximate surface area is 138 Å². The summed E-state index contributed by atoms with van der Waals surface area (Å²) >= 11 is 0. The van der Waals surface area contributed by atoms with Crippen molar-refractivity contribution in [1.82, 2.24) is 4.90 Å². The van der Waals surface area contributed by atoms with Crippen LogP contribution in [-0.2, 0) is 15.1 Å². The van der Waals surface area contributed by atoms with Gasteiger partial charge >= 0.3 is 0 Å². The quantitative estimate of drug-likeness (QED) is 0.869. The third-order valence-electron chi connectivity index (χ3n) is 5.40. The molecule has 1 aromatic carbocycles. The van der Waals surface area contributed by atoms with Crippen molar-refractivity contribution in [1.29, 1.82) is 0 Å². The summed E-state index contributed by atoms with van der Waals surface area (Å²) in [6, 6.07) is 10.3. The van der Waals surface area contributed by atoms with Crippen LogP contribution in [0.15, 0.2) is 30.3 Å². The van der Waals surface area contributed by atoms with Crippen molar-refractivity contribution in [3.63, 3.8) is 0 Å². The van der Waals surface area contributed by atoms with Crippen molar-refractivity contribution in [3.8, 4) is 0 Å². The molecule has 2 aliphatic rings. The first-order chi connectivity index (χ1) is 11.1. The van der Waals surface area contributed by atoms with Gasteiger partial charge < -0.3 is 25.2 Å². The van der Waals surface area contributed by atoms with Crippen LogP contribution in [-0.4, -0.2) is 61.6 Å². The number of benzene rings is 1. The SMILES string of the molecule is COC1(c2ccccc2)CCN(C[C@H]2OCC[C@H](N)[C@@H]2O)CC1. The maximum Gasteiger partial charge on any atom is 0.0975 e. The highest BCUT2D eigenvalue weighted by Crippen LogP contribution is 2.36. The molecule has 2 heterocycles. The predicted molar refractivity (Wildman–Crippen MR) is 89.1 cm³/mol. The van der Waals surface area contributed by atoms with E-state index in [1.165, 1.54) is 5.56 Å². The minimum Gasteiger partial charge on any atom is -0.389 e. The molecule has 1 aromatic rings. The number of rotatable bonds is 4. The van der Waals surface area contributed by atoms with Gasteiger partial charge in [-0.2, -0.15) is 0 Å². The van der Waals surface area contributed by atoms with Crippen LogP contribution < -0.4 is 5.73 Å². The van der Waals surface area contributed by atoms with Crippen LogP contribution in [0.5, 0.6) is 0 Å². The molecular formula is C18H28N2O3. The standard InChI is InChI=1S/C18H28N2O3/c1-22-18(14-5-3-2-4-6-14)8-10-20(11-9-18)13-16-17(21)15(19)7-12-23-16/h2-6,15-17,21H,7-13,19H2,1H3/t15-,16+,17-/m0/s1. The second kappa shape index (κ2) is 7.28. The molecule has 0 saturated carbocycles. The second-order valence-electron chi connectivity index (χ2n) is 6.72. The van der Waals surface area contributed by atoms with Crippen molar-refractivity contribution in [2.24, 2.45) is 5.73 Å². The summed E-state index contributed by atoms with van der Waals surface area (Å²) in [7, 11) is 1.80. The van der Waals surface area contributed by atoms with Gasteiger partial charge in [-0.25, -0.2) is 0 Å². The van der Waals surface area contributed by atoms with Crippen LogP contribution in [0.2, 0.25) is 0 Å². The average molecular weight is 320 g/mol. The van der Waals surface area contributed by atoms with Crippen LogP contribution in [0.4, 0.5) is 0 Å². The lowest BCUT2D eigenvalue weighted by atomic mass is 9.84. The number of piperidine rings is 1. The van der Waals surface area contributed by atoms with Gasteiger partial charge in [-0.3, -0.25) is 0 Å². The van der Waals surface area contributed by atoms with E-state index in [0.29, 0.717) is 6.61 Å². The molecule has 3 N–H and O–H groups in total. The molecule has 0 amide bonds. The number of nitrogens with two attached hydrogens (primary N) is 1. The maximum absolute atomic E-state index is 10.2. The molecule has 2 fully saturated rings. The fourth-order valence-corrected chi connectivity index (χ4v) is 3.77. The molecule has 128 valence electrons. The van der Waals surface area contributed by atoms with Crippen LogP contribution in [0, 0.1) is 0 Å². The van der Waals surface area contributed by atoms with Crippen LogP contribution in [0.25, 0.3) is 0 Å². The molecular weight excluding hydrogens is 292 g/mol. The number of hydrogen-bond donors (Lipinski definition) is 2. The van der Waals surface area contributed by atoms with E-state index in [2.05, 4.69) is 29.2 Å². The van der Waals surface area contributed by atoms with Gasteiger partial charge in [0.15, 0.2) is 0 Å². The largest absolute Gasteiger partial charge is 0.389 e. The molecule has 0 radical (unpaired) electrons. The van der Waals surface area contributed by atoms with Gasteiger partial charge in [0, 0.05) is 39.4 Å². The number of hydrogen-bond acceptors (Lipinski definition) is 5. The van der Waals surface area contributed by atoms with Gasteiger partial charge in [0.25, 0.3) is 0 Å². The van der Waals surface area contributed by atoms with E-state index in [9.17, 15) is 5.11 Å². The molecule has 0 bridgehead atoms. The summed E-state index contributed by atoms with van der Waals surface area (Å²) in [5.41, 5.74) is 7.00. The van der Waals surface area contributed by atoms with E-state index in [1.54, 1.807) is 7.11 Å². The van der Waals surface area contributed by atoms with E-state index in [-0.39, 0.29) is 17.7 Å². The first kappa shape index (κ1) is 16.9. The van der Waals surface area contributed by atoms with Crippen molar-refractivity contribution >= 4 is 0 Å². The van der Waals surface area contributed by atoms with E-state index in [1.807, 2.05) is 6.07 Å². The highest BCUT2D eigenvalue weighted by Gasteiger charge is 2.38. The first-order valence-electron chi connectivity index (χ1n) is 8.53. The summed E-state index contributed by atoms with van der Waals surface area (Å²) in [4.78, 5) is 2.35. The summed E-state index contributed by atoms with van der Waals surface area (Å²) in [6.07, 6.45) is 1.89. The van der Waals surface area contributed by atoms with Crippen molar-refractivity contribution in [2.45, 2.75) is 43.1 Å². The number of aliphatic hydroxyl groups excluding tert-OH is 1. The Balaban J connectivity index is 1.59. The highest BCUT2D eigenvalue weighted by molar-refractivity contribution is 5.23. The zero-order valence-electron chi connectivity index (χ0n) is 13.9. The van der Waals surface area contributed by atoms with E-state index in [0.717, 1.165) is 38.9 Å². The Morgan fingerprint density at radius 2 is 2.00 bits per heavy atom. The van der Waals surface area contributed by atoms with Crippen LogP contribution in [0.3, 0.4) is 0 Å². The summed E-state index contributed by atoms with van der Waals surface area (Å²) < 4.78 is 11.6. The number of ether oxygens (including phenoxy) is 2. The Bertz CT molecular complexity index is 488. The lowest BCUT2D eigenvalue weighted by Crippen LogP contribution is -2.55. The summed E-state index contributed by atoms with van der Waals surface area (Å²) in [5, 5.41) is 10.2. The topological polar surface area (TPSA) is 68.0 Å². The van der Waals surface area contributed by atoms with Gasteiger partial charge in [0.05, 0.1) is 17.8 Å². The number of aliphatic hydroxyl groups is 1. The highest BCUT2D eigenvalue weighted by atomic mass is 16.5. The van der Waals surface area contributed by atoms with Gasteiger partial charge in [-0.15, -0.1) is 0 Å². The lowest BCUT2D eigenvalue weighted by Gasteiger charge is -2.43. The van der Waals surface area contributed by atoms with Gasteiger partial charge in [-0.05, 0) is 24.8 Å². The van der Waals surface area contributed by atoms with E-state index < -0.39 is 6.10 Å². The summed E-state index contributed by atoms with van der Waals surface area (Å²) in [6.45, 7) is 3.25. The monoisotopic (exact) mass is 320 g/mol. The predicted octanol–water partition coefficient (Wildman–Crippen LogP) is 1.10. The zero-order valence-corrected chi connectivity index (χ0v) is 13.9. The normalized spacial score (nSPS) is 31.9. The lowest BCUT2D eigenvalue weighted by molar-refractivity contribution is -0.110.